The predicted molar refractivity (Wildman–Crippen MR) is 93.1 cm³/mol. The molecule has 124 valence electrons. The van der Waals surface area contributed by atoms with Crippen molar-refractivity contribution in [1.82, 2.24) is 4.57 Å². The van der Waals surface area contributed by atoms with Crippen molar-refractivity contribution < 1.29 is 8.42 Å². The van der Waals surface area contributed by atoms with Crippen LogP contribution in [0.5, 0.6) is 0 Å². The van der Waals surface area contributed by atoms with Crippen molar-refractivity contribution in [2.45, 2.75) is 50.0 Å². The van der Waals surface area contributed by atoms with Crippen molar-refractivity contribution in [2.24, 2.45) is 7.05 Å². The Kier molecular flexibility index (Phi) is 4.48. The van der Waals surface area contributed by atoms with Gasteiger partial charge in [0.2, 0.25) is 0 Å². The number of benzene rings is 1. The molecule has 1 aromatic carbocycles. The molecule has 0 bridgehead atoms. The van der Waals surface area contributed by atoms with Crippen LogP contribution >= 0.6 is 0 Å². The summed E-state index contributed by atoms with van der Waals surface area (Å²) in [6, 6.07) is 11.0. The summed E-state index contributed by atoms with van der Waals surface area (Å²) >= 11 is 0. The zero-order valence-electron chi connectivity index (χ0n) is 13.8. The first kappa shape index (κ1) is 16.1. The highest BCUT2D eigenvalue weighted by atomic mass is 32.2. The van der Waals surface area contributed by atoms with Crippen LogP contribution in [0.2, 0.25) is 0 Å². The van der Waals surface area contributed by atoms with E-state index >= 15 is 0 Å². The Labute approximate surface area is 138 Å². The van der Waals surface area contributed by atoms with Gasteiger partial charge in [0.25, 0.3) is 10.0 Å². The zero-order chi connectivity index (χ0) is 16.4. The maximum atomic E-state index is 13.3. The van der Waals surface area contributed by atoms with Gasteiger partial charge in [0.1, 0.15) is 5.82 Å². The molecular formula is C18H24N2O2S. The van der Waals surface area contributed by atoms with E-state index in [0.717, 1.165) is 37.1 Å². The number of hydrogen-bond donors (Lipinski definition) is 0. The van der Waals surface area contributed by atoms with Crippen LogP contribution < -0.4 is 4.31 Å². The van der Waals surface area contributed by atoms with Gasteiger partial charge in [0.05, 0.1) is 4.90 Å². The molecule has 1 aromatic heterocycles. The summed E-state index contributed by atoms with van der Waals surface area (Å²) < 4.78 is 30.2. The van der Waals surface area contributed by atoms with Crippen molar-refractivity contribution in [3.05, 3.63) is 48.2 Å². The van der Waals surface area contributed by atoms with E-state index in [1.165, 1.54) is 6.42 Å². The average molecular weight is 332 g/mol. The second-order valence-electron chi connectivity index (χ2n) is 6.38. The van der Waals surface area contributed by atoms with Gasteiger partial charge in [-0.15, -0.1) is 0 Å². The van der Waals surface area contributed by atoms with Gasteiger partial charge in [-0.05, 0) is 44.0 Å². The molecule has 0 atom stereocenters. The van der Waals surface area contributed by atoms with Crippen molar-refractivity contribution in [1.29, 1.82) is 0 Å². The monoisotopic (exact) mass is 332 g/mol. The Balaban J connectivity index is 2.06. The number of nitrogens with zero attached hydrogens (tertiary/aromatic N) is 2. The highest BCUT2D eigenvalue weighted by Crippen LogP contribution is 2.32. The highest BCUT2D eigenvalue weighted by molar-refractivity contribution is 7.92. The number of rotatable bonds is 4. The van der Waals surface area contributed by atoms with E-state index in [2.05, 4.69) is 0 Å². The molecule has 0 unspecified atom stereocenters. The van der Waals surface area contributed by atoms with Gasteiger partial charge in [-0.1, -0.05) is 37.0 Å². The number of aromatic nitrogens is 1. The Bertz CT molecular complexity index is 757. The van der Waals surface area contributed by atoms with Gasteiger partial charge in [0.15, 0.2) is 0 Å². The molecule has 1 heterocycles. The molecule has 1 aliphatic rings. The van der Waals surface area contributed by atoms with E-state index in [4.69, 9.17) is 0 Å². The summed E-state index contributed by atoms with van der Waals surface area (Å²) in [4.78, 5) is 0.370. The second-order valence-corrected chi connectivity index (χ2v) is 8.20. The molecular weight excluding hydrogens is 308 g/mol. The third kappa shape index (κ3) is 3.15. The van der Waals surface area contributed by atoms with Crippen molar-refractivity contribution in [3.63, 3.8) is 0 Å². The lowest BCUT2D eigenvalue weighted by molar-refractivity contribution is 0.435. The maximum absolute atomic E-state index is 13.3. The third-order valence-electron chi connectivity index (χ3n) is 4.63. The Morgan fingerprint density at radius 3 is 2.26 bits per heavy atom. The number of anilines is 1. The summed E-state index contributed by atoms with van der Waals surface area (Å²) in [5.41, 5.74) is 1.06. The van der Waals surface area contributed by atoms with Gasteiger partial charge in [-0.2, -0.15) is 0 Å². The summed E-state index contributed by atoms with van der Waals surface area (Å²) in [5.74, 6) is 0.748. The van der Waals surface area contributed by atoms with Crippen molar-refractivity contribution in [2.75, 3.05) is 4.31 Å². The lowest BCUT2D eigenvalue weighted by Crippen LogP contribution is -2.42. The molecule has 0 N–H and O–H groups in total. The number of aryl methyl sites for hydroxylation is 2. The molecule has 1 saturated carbocycles. The largest absolute Gasteiger partial charge is 0.337 e. The average Bonchev–Trinajstić information content (AvgIpc) is 2.95. The van der Waals surface area contributed by atoms with E-state index < -0.39 is 10.0 Å². The Morgan fingerprint density at radius 1 is 1.04 bits per heavy atom. The predicted octanol–water partition coefficient (Wildman–Crippen LogP) is 3.86. The van der Waals surface area contributed by atoms with Gasteiger partial charge in [0, 0.05) is 19.3 Å². The summed E-state index contributed by atoms with van der Waals surface area (Å²) in [6.07, 6.45) is 7.13. The molecule has 1 aliphatic carbocycles. The summed E-state index contributed by atoms with van der Waals surface area (Å²) in [7, 11) is -1.65. The lowest BCUT2D eigenvalue weighted by atomic mass is 9.95. The molecule has 1 fully saturated rings. The molecule has 0 amide bonds. The van der Waals surface area contributed by atoms with E-state index in [9.17, 15) is 8.42 Å². The first-order chi connectivity index (χ1) is 11.0. The van der Waals surface area contributed by atoms with Crippen molar-refractivity contribution >= 4 is 15.8 Å². The van der Waals surface area contributed by atoms with Crippen LogP contribution in [0.3, 0.4) is 0 Å². The third-order valence-corrected chi connectivity index (χ3v) is 6.50. The van der Waals surface area contributed by atoms with Crippen LogP contribution in [0, 0.1) is 6.92 Å². The van der Waals surface area contributed by atoms with Gasteiger partial charge < -0.3 is 4.57 Å². The first-order valence-corrected chi connectivity index (χ1v) is 9.66. The molecule has 0 saturated heterocycles. The highest BCUT2D eigenvalue weighted by Gasteiger charge is 2.33. The maximum Gasteiger partial charge on any atom is 0.265 e. The van der Waals surface area contributed by atoms with E-state index in [0.29, 0.717) is 4.90 Å². The minimum Gasteiger partial charge on any atom is -0.337 e. The van der Waals surface area contributed by atoms with Gasteiger partial charge in [-0.3, -0.25) is 0 Å². The Morgan fingerprint density at radius 2 is 1.70 bits per heavy atom. The van der Waals surface area contributed by atoms with E-state index in [1.807, 2.05) is 49.0 Å². The smallest absolute Gasteiger partial charge is 0.265 e. The fourth-order valence-electron chi connectivity index (χ4n) is 3.33. The fraction of sp³-hybridized carbons (Fsp3) is 0.444. The fourth-order valence-corrected chi connectivity index (χ4v) is 5.07. The zero-order valence-corrected chi connectivity index (χ0v) is 14.6. The number of sulfonamides is 1. The molecule has 0 radical (unpaired) electrons. The molecule has 23 heavy (non-hydrogen) atoms. The van der Waals surface area contributed by atoms with Crippen LogP contribution in [0.15, 0.2) is 47.5 Å². The number of hydrogen-bond acceptors (Lipinski definition) is 2. The van der Waals surface area contributed by atoms with Gasteiger partial charge >= 0.3 is 0 Å². The SMILES string of the molecule is Cc1ccc(S(=O)(=O)N(c2cccn2C)C2CCCCC2)cc1. The van der Waals surface area contributed by atoms with Crippen LogP contribution in [0.25, 0.3) is 0 Å². The first-order valence-electron chi connectivity index (χ1n) is 8.22. The molecule has 4 nitrogen and oxygen atoms in total. The molecule has 0 spiro atoms. The quantitative estimate of drug-likeness (QED) is 0.853. The molecule has 3 rings (SSSR count). The Hall–Kier alpha value is -1.75. The minimum absolute atomic E-state index is 0.0450. The minimum atomic E-state index is -3.55. The second kappa shape index (κ2) is 6.40. The lowest BCUT2D eigenvalue weighted by Gasteiger charge is -2.35. The standard InChI is InChI=1S/C18H24N2O2S/c1-15-10-12-17(13-11-15)23(21,22)20(16-7-4-3-5-8-16)18-9-6-14-19(18)2/h6,9-14,16H,3-5,7-8H2,1-2H3. The van der Waals surface area contributed by atoms with Gasteiger partial charge in [-0.25, -0.2) is 12.7 Å². The van der Waals surface area contributed by atoms with Crippen LogP contribution in [0.4, 0.5) is 5.82 Å². The van der Waals surface area contributed by atoms with E-state index in [1.54, 1.807) is 16.4 Å². The normalized spacial score (nSPS) is 16.4. The van der Waals surface area contributed by atoms with E-state index in [-0.39, 0.29) is 6.04 Å². The van der Waals surface area contributed by atoms with Crippen LogP contribution in [-0.4, -0.2) is 19.0 Å². The van der Waals surface area contributed by atoms with Crippen LogP contribution in [0.1, 0.15) is 37.7 Å². The topological polar surface area (TPSA) is 42.3 Å². The summed E-state index contributed by atoms with van der Waals surface area (Å²) in [5, 5.41) is 0. The molecule has 5 heteroatoms. The molecule has 0 aliphatic heterocycles. The van der Waals surface area contributed by atoms with Crippen molar-refractivity contribution in [3.8, 4) is 0 Å². The summed E-state index contributed by atoms with van der Waals surface area (Å²) in [6.45, 7) is 1.96. The molecule has 2 aromatic rings. The van der Waals surface area contributed by atoms with Crippen LogP contribution in [-0.2, 0) is 17.1 Å².